The number of hydrogen-bond acceptors (Lipinski definition) is 4. The summed E-state index contributed by atoms with van der Waals surface area (Å²) >= 11 is 11.6. The molecule has 0 unspecified atom stereocenters. The van der Waals surface area contributed by atoms with Crippen molar-refractivity contribution in [1.29, 1.82) is 0 Å². The number of halogens is 2. The van der Waals surface area contributed by atoms with E-state index in [4.69, 9.17) is 28.9 Å². The lowest BCUT2D eigenvalue weighted by Gasteiger charge is -2.09. The van der Waals surface area contributed by atoms with Gasteiger partial charge in [-0.15, -0.1) is 0 Å². The highest BCUT2D eigenvalue weighted by Crippen LogP contribution is 2.26. The van der Waals surface area contributed by atoms with E-state index in [1.54, 1.807) is 0 Å². The highest BCUT2D eigenvalue weighted by molar-refractivity contribution is 6.37. The van der Waals surface area contributed by atoms with Crippen LogP contribution in [0.15, 0.2) is 6.07 Å². The predicted molar refractivity (Wildman–Crippen MR) is 70.5 cm³/mol. The minimum atomic E-state index is -0.127. The Kier molecular flexibility index (Phi) is 5.31. The standard InChI is InChI=1S/C10H14Cl2N4O/c1-2-3-14-8(17)5-15-10-7(12)4-6(11)9(13)16-10/h4H,2-3,5H2,1H3,(H,14,17)(H3,13,15,16). The molecule has 7 heteroatoms. The minimum absolute atomic E-state index is 0.0911. The summed E-state index contributed by atoms with van der Waals surface area (Å²) in [5, 5.41) is 6.13. The summed E-state index contributed by atoms with van der Waals surface area (Å²) < 4.78 is 0. The van der Waals surface area contributed by atoms with Gasteiger partial charge in [0.25, 0.3) is 0 Å². The first-order valence-corrected chi connectivity index (χ1v) is 5.92. The van der Waals surface area contributed by atoms with Crippen LogP contribution in [0.4, 0.5) is 11.6 Å². The van der Waals surface area contributed by atoms with Crippen LogP contribution in [0.2, 0.25) is 10.0 Å². The second-order valence-corrected chi connectivity index (χ2v) is 4.20. The first kappa shape index (κ1) is 13.9. The lowest BCUT2D eigenvalue weighted by Crippen LogP contribution is -2.30. The zero-order valence-corrected chi connectivity index (χ0v) is 10.9. The van der Waals surface area contributed by atoms with Gasteiger partial charge in [0, 0.05) is 6.54 Å². The van der Waals surface area contributed by atoms with Gasteiger partial charge in [-0.25, -0.2) is 4.98 Å². The maximum atomic E-state index is 11.3. The number of nitrogens with one attached hydrogen (secondary N) is 2. The molecule has 1 heterocycles. The molecule has 0 bridgehead atoms. The zero-order valence-electron chi connectivity index (χ0n) is 9.39. The quantitative estimate of drug-likeness (QED) is 0.768. The lowest BCUT2D eigenvalue weighted by molar-refractivity contribution is -0.119. The Labute approximate surface area is 110 Å². The number of carbonyl (C=O) groups is 1. The van der Waals surface area contributed by atoms with Crippen molar-refractivity contribution < 1.29 is 4.79 Å². The average molecular weight is 277 g/mol. The molecule has 1 aromatic rings. The third kappa shape index (κ3) is 4.28. The summed E-state index contributed by atoms with van der Waals surface area (Å²) in [4.78, 5) is 15.3. The summed E-state index contributed by atoms with van der Waals surface area (Å²) in [5.41, 5.74) is 5.53. The van der Waals surface area contributed by atoms with Crippen LogP contribution in [0, 0.1) is 0 Å². The number of hydrogen-bond donors (Lipinski definition) is 3. The molecular formula is C10H14Cl2N4O. The number of nitrogen functional groups attached to an aromatic ring is 1. The van der Waals surface area contributed by atoms with E-state index in [0.29, 0.717) is 17.4 Å². The van der Waals surface area contributed by atoms with Gasteiger partial charge in [0.15, 0.2) is 0 Å². The minimum Gasteiger partial charge on any atom is -0.382 e. The molecule has 0 aliphatic carbocycles. The average Bonchev–Trinajstić information content (AvgIpc) is 2.29. The maximum Gasteiger partial charge on any atom is 0.239 e. The van der Waals surface area contributed by atoms with Gasteiger partial charge in [-0.3, -0.25) is 4.79 Å². The van der Waals surface area contributed by atoms with E-state index in [1.807, 2.05) is 6.92 Å². The second-order valence-electron chi connectivity index (χ2n) is 3.39. The molecular weight excluding hydrogens is 263 g/mol. The van der Waals surface area contributed by atoms with Crippen LogP contribution >= 0.6 is 23.2 Å². The van der Waals surface area contributed by atoms with Crippen LogP contribution in [-0.2, 0) is 4.79 Å². The lowest BCUT2D eigenvalue weighted by atomic mass is 10.4. The summed E-state index contributed by atoms with van der Waals surface area (Å²) in [5.74, 6) is 0.394. The first-order valence-electron chi connectivity index (χ1n) is 5.16. The predicted octanol–water partition coefficient (Wildman–Crippen LogP) is 1.91. The fraction of sp³-hybridized carbons (Fsp3) is 0.400. The molecule has 0 aliphatic rings. The van der Waals surface area contributed by atoms with Crippen molar-refractivity contribution in [2.45, 2.75) is 13.3 Å². The largest absolute Gasteiger partial charge is 0.382 e. The number of nitrogens with two attached hydrogens (primary N) is 1. The monoisotopic (exact) mass is 276 g/mol. The molecule has 0 fully saturated rings. The van der Waals surface area contributed by atoms with Crippen LogP contribution in [-0.4, -0.2) is 24.0 Å². The van der Waals surface area contributed by atoms with Crippen LogP contribution in [0.5, 0.6) is 0 Å². The Bertz CT molecular complexity index is 412. The van der Waals surface area contributed by atoms with E-state index in [0.717, 1.165) is 6.42 Å². The van der Waals surface area contributed by atoms with Crippen molar-refractivity contribution in [2.24, 2.45) is 0 Å². The van der Waals surface area contributed by atoms with Gasteiger partial charge < -0.3 is 16.4 Å². The molecule has 94 valence electrons. The molecule has 4 N–H and O–H groups in total. The smallest absolute Gasteiger partial charge is 0.239 e. The van der Waals surface area contributed by atoms with E-state index in [9.17, 15) is 4.79 Å². The van der Waals surface area contributed by atoms with Crippen LogP contribution < -0.4 is 16.4 Å². The molecule has 0 saturated carbocycles. The summed E-state index contributed by atoms with van der Waals surface area (Å²) in [6.07, 6.45) is 0.888. The van der Waals surface area contributed by atoms with Crippen LogP contribution in [0.1, 0.15) is 13.3 Å². The van der Waals surface area contributed by atoms with Crippen molar-refractivity contribution in [3.05, 3.63) is 16.1 Å². The number of carbonyl (C=O) groups excluding carboxylic acids is 1. The van der Waals surface area contributed by atoms with Gasteiger partial charge in [0.05, 0.1) is 16.6 Å². The number of amides is 1. The molecule has 17 heavy (non-hydrogen) atoms. The Balaban J connectivity index is 2.57. The SMILES string of the molecule is CCCNC(=O)CNc1nc(N)c(Cl)cc1Cl. The van der Waals surface area contributed by atoms with Crippen molar-refractivity contribution in [1.82, 2.24) is 10.3 Å². The van der Waals surface area contributed by atoms with E-state index in [2.05, 4.69) is 15.6 Å². The fourth-order valence-electron chi connectivity index (χ4n) is 1.10. The summed E-state index contributed by atoms with van der Waals surface area (Å²) in [6, 6.07) is 1.48. The Hall–Kier alpha value is -1.20. The van der Waals surface area contributed by atoms with Crippen molar-refractivity contribution in [3.63, 3.8) is 0 Å². The van der Waals surface area contributed by atoms with Gasteiger partial charge in [-0.05, 0) is 12.5 Å². The van der Waals surface area contributed by atoms with Gasteiger partial charge in [0.1, 0.15) is 11.6 Å². The van der Waals surface area contributed by atoms with E-state index in [-0.39, 0.29) is 23.3 Å². The van der Waals surface area contributed by atoms with Crippen molar-refractivity contribution >= 4 is 40.7 Å². The van der Waals surface area contributed by atoms with Crippen LogP contribution in [0.3, 0.4) is 0 Å². The van der Waals surface area contributed by atoms with Crippen molar-refractivity contribution in [3.8, 4) is 0 Å². The number of rotatable bonds is 5. The highest BCUT2D eigenvalue weighted by atomic mass is 35.5. The number of pyridine rings is 1. The molecule has 1 amide bonds. The van der Waals surface area contributed by atoms with Gasteiger partial charge >= 0.3 is 0 Å². The number of aromatic nitrogens is 1. The number of anilines is 2. The first-order chi connectivity index (χ1) is 8.04. The zero-order chi connectivity index (χ0) is 12.8. The Morgan fingerprint density at radius 1 is 1.47 bits per heavy atom. The van der Waals surface area contributed by atoms with Gasteiger partial charge in [0.2, 0.25) is 5.91 Å². The van der Waals surface area contributed by atoms with E-state index < -0.39 is 0 Å². The highest BCUT2D eigenvalue weighted by Gasteiger charge is 2.08. The number of nitrogens with zero attached hydrogens (tertiary/aromatic N) is 1. The van der Waals surface area contributed by atoms with Gasteiger partial charge in [-0.2, -0.15) is 0 Å². The Morgan fingerprint density at radius 2 is 2.18 bits per heavy atom. The summed E-state index contributed by atoms with van der Waals surface area (Å²) in [6.45, 7) is 2.71. The summed E-state index contributed by atoms with van der Waals surface area (Å²) in [7, 11) is 0. The molecule has 0 radical (unpaired) electrons. The molecule has 0 spiro atoms. The third-order valence-corrected chi connectivity index (χ3v) is 2.54. The fourth-order valence-corrected chi connectivity index (χ4v) is 1.52. The Morgan fingerprint density at radius 3 is 2.82 bits per heavy atom. The molecule has 0 aliphatic heterocycles. The normalized spacial score (nSPS) is 10.1. The van der Waals surface area contributed by atoms with E-state index >= 15 is 0 Å². The second kappa shape index (κ2) is 6.51. The topological polar surface area (TPSA) is 80.0 Å². The third-order valence-electron chi connectivity index (χ3n) is 1.95. The molecule has 1 rings (SSSR count). The molecule has 0 aromatic carbocycles. The maximum absolute atomic E-state index is 11.3. The molecule has 0 atom stereocenters. The van der Waals surface area contributed by atoms with Crippen molar-refractivity contribution in [2.75, 3.05) is 24.1 Å². The van der Waals surface area contributed by atoms with E-state index in [1.165, 1.54) is 6.07 Å². The van der Waals surface area contributed by atoms with Gasteiger partial charge in [-0.1, -0.05) is 30.1 Å². The molecule has 0 saturated heterocycles. The van der Waals surface area contributed by atoms with Crippen LogP contribution in [0.25, 0.3) is 0 Å². The molecule has 1 aromatic heterocycles. The molecule has 5 nitrogen and oxygen atoms in total.